The van der Waals surface area contributed by atoms with Gasteiger partial charge in [0.1, 0.15) is 5.75 Å². The molecular weight excluding hydrogens is 316 g/mol. The molecule has 2 aromatic rings. The predicted molar refractivity (Wildman–Crippen MR) is 94.5 cm³/mol. The van der Waals surface area contributed by atoms with Crippen molar-refractivity contribution in [1.82, 2.24) is 9.88 Å². The number of hydrogen-bond acceptors (Lipinski definition) is 4. The third-order valence-corrected chi connectivity index (χ3v) is 5.49. The largest absolute Gasteiger partial charge is 0.497 e. The van der Waals surface area contributed by atoms with E-state index in [1.807, 2.05) is 24.3 Å². The van der Waals surface area contributed by atoms with Gasteiger partial charge in [0.2, 0.25) is 5.91 Å². The maximum absolute atomic E-state index is 13.3. The Labute approximate surface area is 146 Å². The van der Waals surface area contributed by atoms with Crippen molar-refractivity contribution in [3.05, 3.63) is 48.7 Å². The molecule has 3 aliphatic rings. The van der Waals surface area contributed by atoms with Crippen molar-refractivity contribution in [2.24, 2.45) is 11.8 Å². The number of carbonyl (C=O) groups excluding carboxylic acids is 2. The lowest BCUT2D eigenvalue weighted by Gasteiger charge is -2.48. The van der Waals surface area contributed by atoms with Gasteiger partial charge in [-0.1, -0.05) is 6.08 Å². The van der Waals surface area contributed by atoms with Crippen molar-refractivity contribution < 1.29 is 14.3 Å². The van der Waals surface area contributed by atoms with E-state index in [0.717, 1.165) is 10.9 Å². The fourth-order valence-corrected chi connectivity index (χ4v) is 4.11. The zero-order valence-electron chi connectivity index (χ0n) is 14.1. The molecule has 4 heterocycles. The number of pyridine rings is 1. The predicted octanol–water partition coefficient (Wildman–Crippen LogP) is 2.85. The SMILES string of the molecule is C=CC1CN2C(=O)CC1CC2C(=O)c1ccnc2ccc(OC)cc12. The molecule has 3 unspecified atom stereocenters. The van der Waals surface area contributed by atoms with E-state index < -0.39 is 0 Å². The second kappa shape index (κ2) is 5.99. The van der Waals surface area contributed by atoms with Crippen LogP contribution in [0.15, 0.2) is 43.1 Å². The van der Waals surface area contributed by atoms with Gasteiger partial charge < -0.3 is 9.64 Å². The van der Waals surface area contributed by atoms with Gasteiger partial charge in [-0.25, -0.2) is 0 Å². The van der Waals surface area contributed by atoms with Gasteiger partial charge in [0.15, 0.2) is 5.78 Å². The number of aromatic nitrogens is 1. The Morgan fingerprint density at radius 1 is 1.40 bits per heavy atom. The number of ether oxygens (including phenoxy) is 1. The molecule has 0 spiro atoms. The second-order valence-corrected chi connectivity index (χ2v) is 6.77. The van der Waals surface area contributed by atoms with Crippen LogP contribution in [0.25, 0.3) is 10.9 Å². The lowest BCUT2D eigenvalue weighted by molar-refractivity contribution is -0.144. The van der Waals surface area contributed by atoms with E-state index in [1.54, 1.807) is 24.3 Å². The summed E-state index contributed by atoms with van der Waals surface area (Å²) in [6, 6.07) is 6.85. The van der Waals surface area contributed by atoms with Crippen LogP contribution in [0.4, 0.5) is 0 Å². The highest BCUT2D eigenvalue weighted by Gasteiger charge is 2.46. The molecule has 0 radical (unpaired) electrons. The zero-order valence-corrected chi connectivity index (χ0v) is 14.1. The van der Waals surface area contributed by atoms with Crippen LogP contribution in [0.3, 0.4) is 0 Å². The summed E-state index contributed by atoms with van der Waals surface area (Å²) in [6.45, 7) is 4.46. The Morgan fingerprint density at radius 2 is 2.24 bits per heavy atom. The average molecular weight is 336 g/mol. The van der Waals surface area contributed by atoms with E-state index in [9.17, 15) is 9.59 Å². The maximum Gasteiger partial charge on any atom is 0.223 e. The van der Waals surface area contributed by atoms with Crippen molar-refractivity contribution in [3.63, 3.8) is 0 Å². The molecule has 1 aromatic heterocycles. The topological polar surface area (TPSA) is 59.5 Å². The van der Waals surface area contributed by atoms with Crippen molar-refractivity contribution in [2.45, 2.75) is 18.9 Å². The quantitative estimate of drug-likeness (QED) is 0.636. The fourth-order valence-electron chi connectivity index (χ4n) is 4.11. The molecule has 0 saturated carbocycles. The highest BCUT2D eigenvalue weighted by atomic mass is 16.5. The first-order valence-corrected chi connectivity index (χ1v) is 8.51. The summed E-state index contributed by atoms with van der Waals surface area (Å²) in [7, 11) is 1.60. The Hall–Kier alpha value is -2.69. The molecule has 3 fully saturated rings. The normalized spacial score (nSPS) is 25.2. The lowest BCUT2D eigenvalue weighted by atomic mass is 9.73. The summed E-state index contributed by atoms with van der Waals surface area (Å²) >= 11 is 0. The fraction of sp³-hybridized carbons (Fsp3) is 0.350. The van der Waals surface area contributed by atoms with Gasteiger partial charge in [0.25, 0.3) is 0 Å². The number of rotatable bonds is 4. The van der Waals surface area contributed by atoms with Crippen LogP contribution >= 0.6 is 0 Å². The van der Waals surface area contributed by atoms with Gasteiger partial charge in [-0.3, -0.25) is 14.6 Å². The highest BCUT2D eigenvalue weighted by Crippen LogP contribution is 2.39. The van der Waals surface area contributed by atoms with Gasteiger partial charge in [0, 0.05) is 30.1 Å². The molecule has 2 bridgehead atoms. The van der Waals surface area contributed by atoms with E-state index in [0.29, 0.717) is 30.7 Å². The molecule has 0 N–H and O–H groups in total. The number of nitrogens with zero attached hydrogens (tertiary/aromatic N) is 2. The maximum atomic E-state index is 13.3. The first-order valence-electron chi connectivity index (χ1n) is 8.51. The monoisotopic (exact) mass is 336 g/mol. The van der Waals surface area contributed by atoms with Crippen molar-refractivity contribution >= 4 is 22.6 Å². The summed E-state index contributed by atoms with van der Waals surface area (Å²) in [5, 5.41) is 0.766. The standard InChI is InChI=1S/C20H20N2O3/c1-3-12-11-22-18(8-13(12)9-19(22)23)20(24)15-6-7-21-17-5-4-14(25-2)10-16(15)17/h3-7,10,12-13,18H,1,8-9,11H2,2H3. The van der Waals surface area contributed by atoms with E-state index >= 15 is 0 Å². The highest BCUT2D eigenvalue weighted by molar-refractivity contribution is 6.11. The van der Waals surface area contributed by atoms with Gasteiger partial charge in [-0.15, -0.1) is 6.58 Å². The molecule has 3 saturated heterocycles. The van der Waals surface area contributed by atoms with Crippen LogP contribution in [-0.2, 0) is 4.79 Å². The summed E-state index contributed by atoms with van der Waals surface area (Å²) in [5.74, 6) is 1.25. The van der Waals surface area contributed by atoms with Gasteiger partial charge in [0.05, 0.1) is 18.7 Å². The van der Waals surface area contributed by atoms with Crippen LogP contribution in [0, 0.1) is 11.8 Å². The van der Waals surface area contributed by atoms with E-state index in [1.165, 1.54) is 0 Å². The first kappa shape index (κ1) is 15.8. The summed E-state index contributed by atoms with van der Waals surface area (Å²) in [4.78, 5) is 31.7. The Kier molecular flexibility index (Phi) is 3.79. The minimum atomic E-state index is -0.390. The van der Waals surface area contributed by atoms with Crippen LogP contribution in [-0.4, -0.2) is 41.3 Å². The number of hydrogen-bond donors (Lipinski definition) is 0. The first-order chi connectivity index (χ1) is 12.1. The van der Waals surface area contributed by atoms with Crippen LogP contribution < -0.4 is 4.74 Å². The number of benzene rings is 1. The minimum absolute atomic E-state index is 0.0128. The van der Waals surface area contributed by atoms with Crippen LogP contribution in [0.2, 0.25) is 0 Å². The van der Waals surface area contributed by atoms with Crippen molar-refractivity contribution in [1.29, 1.82) is 0 Å². The molecule has 0 aliphatic carbocycles. The molecule has 128 valence electrons. The number of carbonyl (C=O) groups is 2. The summed E-state index contributed by atoms with van der Waals surface area (Å²) in [6.07, 6.45) is 4.78. The van der Waals surface area contributed by atoms with Crippen molar-refractivity contribution in [3.8, 4) is 5.75 Å². The minimum Gasteiger partial charge on any atom is -0.497 e. The molecular formula is C20H20N2O3. The Morgan fingerprint density at radius 3 is 2.96 bits per heavy atom. The molecule has 3 atom stereocenters. The number of piperidine rings is 3. The lowest BCUT2D eigenvalue weighted by Crippen LogP contribution is -2.58. The zero-order chi connectivity index (χ0) is 17.6. The number of methoxy groups -OCH3 is 1. The molecule has 5 rings (SSSR count). The molecule has 3 aliphatic heterocycles. The number of Topliss-reactive ketones (excluding diaryl/α,β-unsaturated/α-hetero) is 1. The summed E-state index contributed by atoms with van der Waals surface area (Å²) < 4.78 is 5.28. The molecule has 1 aromatic carbocycles. The van der Waals surface area contributed by atoms with Gasteiger partial charge >= 0.3 is 0 Å². The second-order valence-electron chi connectivity index (χ2n) is 6.77. The van der Waals surface area contributed by atoms with Gasteiger partial charge in [-0.05, 0) is 42.5 Å². The number of ketones is 1. The van der Waals surface area contributed by atoms with Crippen LogP contribution in [0.5, 0.6) is 5.75 Å². The molecule has 1 amide bonds. The third-order valence-electron chi connectivity index (χ3n) is 5.49. The van der Waals surface area contributed by atoms with Crippen molar-refractivity contribution in [2.75, 3.05) is 13.7 Å². The molecule has 5 heteroatoms. The van der Waals surface area contributed by atoms with E-state index in [2.05, 4.69) is 11.6 Å². The molecule has 25 heavy (non-hydrogen) atoms. The third kappa shape index (κ3) is 2.51. The Bertz CT molecular complexity index is 876. The number of fused-ring (bicyclic) bond motifs is 4. The van der Waals surface area contributed by atoms with E-state index in [-0.39, 0.29) is 29.6 Å². The smallest absolute Gasteiger partial charge is 0.223 e. The molecule has 5 nitrogen and oxygen atoms in total. The van der Waals surface area contributed by atoms with Gasteiger partial charge in [-0.2, -0.15) is 0 Å². The number of amides is 1. The average Bonchev–Trinajstić information content (AvgIpc) is 2.66. The summed E-state index contributed by atoms with van der Waals surface area (Å²) in [5.41, 5.74) is 1.35. The van der Waals surface area contributed by atoms with Crippen LogP contribution in [0.1, 0.15) is 23.2 Å². The van der Waals surface area contributed by atoms with E-state index in [4.69, 9.17) is 4.74 Å². The Balaban J connectivity index is 1.73.